The van der Waals surface area contributed by atoms with Crippen molar-refractivity contribution in [2.45, 2.75) is 0 Å². The molecular weight excluding hydrogens is 238 g/mol. The van der Waals surface area contributed by atoms with Gasteiger partial charge in [-0.05, 0) is 35.2 Å². The number of pyridine rings is 1. The molecule has 19 heavy (non-hydrogen) atoms. The first-order valence-electron chi connectivity index (χ1n) is 6.04. The summed E-state index contributed by atoms with van der Waals surface area (Å²) in [5.74, 6) is 0.747. The van der Waals surface area contributed by atoms with E-state index in [9.17, 15) is 4.79 Å². The lowest BCUT2D eigenvalue weighted by molar-refractivity contribution is 0.415. The first-order valence-corrected chi connectivity index (χ1v) is 6.04. The van der Waals surface area contributed by atoms with Gasteiger partial charge in [0.2, 0.25) is 0 Å². The molecule has 1 N–H and O–H groups in total. The Hall–Kier alpha value is -2.55. The normalized spacial score (nSPS) is 10.6. The van der Waals surface area contributed by atoms with Crippen molar-refractivity contribution in [1.29, 1.82) is 0 Å². The predicted molar refractivity (Wildman–Crippen MR) is 76.6 cm³/mol. The van der Waals surface area contributed by atoms with Gasteiger partial charge in [0.1, 0.15) is 5.75 Å². The van der Waals surface area contributed by atoms with Crippen LogP contribution in [0.5, 0.6) is 5.75 Å². The maximum atomic E-state index is 12.1. The molecule has 0 aliphatic carbocycles. The molecule has 0 bridgehead atoms. The highest BCUT2D eigenvalue weighted by Gasteiger charge is 2.04. The van der Waals surface area contributed by atoms with Crippen molar-refractivity contribution >= 4 is 10.8 Å². The molecular formula is C16H13NO2. The van der Waals surface area contributed by atoms with Crippen molar-refractivity contribution in [2.75, 3.05) is 7.11 Å². The molecule has 3 rings (SSSR count). The zero-order valence-corrected chi connectivity index (χ0v) is 10.5. The van der Waals surface area contributed by atoms with Gasteiger partial charge in [-0.1, -0.05) is 30.3 Å². The van der Waals surface area contributed by atoms with Gasteiger partial charge in [0.05, 0.1) is 7.11 Å². The van der Waals surface area contributed by atoms with E-state index >= 15 is 0 Å². The first kappa shape index (κ1) is 11.5. The molecule has 0 fully saturated rings. The highest BCUT2D eigenvalue weighted by Crippen LogP contribution is 2.22. The van der Waals surface area contributed by atoms with Crippen molar-refractivity contribution in [3.05, 3.63) is 65.0 Å². The summed E-state index contributed by atoms with van der Waals surface area (Å²) in [7, 11) is 1.62. The van der Waals surface area contributed by atoms with Gasteiger partial charge in [0.15, 0.2) is 0 Å². The Morgan fingerprint density at radius 1 is 1.00 bits per heavy atom. The van der Waals surface area contributed by atoms with Crippen molar-refractivity contribution < 1.29 is 4.74 Å². The molecule has 2 aromatic carbocycles. The number of hydrogen-bond donors (Lipinski definition) is 1. The Labute approximate surface area is 110 Å². The van der Waals surface area contributed by atoms with E-state index in [0.717, 1.165) is 22.4 Å². The average molecular weight is 251 g/mol. The zero-order chi connectivity index (χ0) is 13.2. The number of ether oxygens (including phenoxy) is 1. The topological polar surface area (TPSA) is 42.1 Å². The van der Waals surface area contributed by atoms with Gasteiger partial charge in [0.25, 0.3) is 5.56 Å². The largest absolute Gasteiger partial charge is 0.497 e. The predicted octanol–water partition coefficient (Wildman–Crippen LogP) is 3.20. The lowest BCUT2D eigenvalue weighted by Crippen LogP contribution is -2.07. The summed E-state index contributed by atoms with van der Waals surface area (Å²) in [6, 6.07) is 17.2. The van der Waals surface area contributed by atoms with Gasteiger partial charge >= 0.3 is 0 Å². The second-order valence-corrected chi connectivity index (χ2v) is 4.33. The number of rotatable bonds is 2. The van der Waals surface area contributed by atoms with Gasteiger partial charge in [-0.2, -0.15) is 0 Å². The lowest BCUT2D eigenvalue weighted by Gasteiger charge is -2.05. The summed E-state index contributed by atoms with van der Waals surface area (Å²) in [6.45, 7) is 0. The summed E-state index contributed by atoms with van der Waals surface area (Å²) in [5, 5.41) is 1.54. The first-order chi connectivity index (χ1) is 9.28. The molecule has 94 valence electrons. The maximum absolute atomic E-state index is 12.1. The van der Waals surface area contributed by atoms with E-state index in [4.69, 9.17) is 4.74 Å². The molecule has 0 unspecified atom stereocenters. The molecule has 0 aliphatic rings. The van der Waals surface area contributed by atoms with Crippen LogP contribution >= 0.6 is 0 Å². The number of methoxy groups -OCH3 is 1. The van der Waals surface area contributed by atoms with E-state index < -0.39 is 0 Å². The van der Waals surface area contributed by atoms with Crippen LogP contribution in [0.4, 0.5) is 0 Å². The molecule has 1 aromatic heterocycles. The summed E-state index contributed by atoms with van der Waals surface area (Å²) < 4.78 is 5.20. The monoisotopic (exact) mass is 251 g/mol. The third-order valence-electron chi connectivity index (χ3n) is 3.14. The summed E-state index contributed by atoms with van der Waals surface area (Å²) in [4.78, 5) is 15.0. The highest BCUT2D eigenvalue weighted by atomic mass is 16.5. The Morgan fingerprint density at radius 3 is 2.53 bits per heavy atom. The standard InChI is InChI=1S/C16H13NO2/c1-19-13-7-8-14-12(9-13)10-15(17-16(14)18)11-5-3-2-4-6-11/h2-10H,1H3,(H,17,18). The van der Waals surface area contributed by atoms with Crippen LogP contribution < -0.4 is 10.3 Å². The Balaban J connectivity index is 2.26. The molecule has 3 heteroatoms. The Kier molecular flexibility index (Phi) is 2.80. The smallest absolute Gasteiger partial charge is 0.256 e. The molecule has 1 heterocycles. The molecule has 3 aromatic rings. The van der Waals surface area contributed by atoms with Crippen LogP contribution in [0.15, 0.2) is 59.4 Å². The van der Waals surface area contributed by atoms with Gasteiger partial charge < -0.3 is 9.72 Å². The fourth-order valence-electron chi connectivity index (χ4n) is 2.15. The van der Waals surface area contributed by atoms with Crippen LogP contribution in [0.2, 0.25) is 0 Å². The molecule has 0 saturated carbocycles. The molecule has 0 atom stereocenters. The van der Waals surface area contributed by atoms with Crippen LogP contribution in [0.1, 0.15) is 0 Å². The number of fused-ring (bicyclic) bond motifs is 1. The van der Waals surface area contributed by atoms with E-state index in [-0.39, 0.29) is 5.56 Å². The molecule has 0 spiro atoms. The number of benzene rings is 2. The van der Waals surface area contributed by atoms with Crippen molar-refractivity contribution in [3.63, 3.8) is 0 Å². The molecule has 3 nitrogen and oxygen atoms in total. The van der Waals surface area contributed by atoms with Gasteiger partial charge in [-0.25, -0.2) is 0 Å². The molecule has 0 aliphatic heterocycles. The number of aromatic nitrogens is 1. The Bertz CT molecular complexity index is 776. The van der Waals surface area contributed by atoms with E-state index in [1.54, 1.807) is 19.2 Å². The summed E-state index contributed by atoms with van der Waals surface area (Å²) >= 11 is 0. The number of H-pyrrole nitrogens is 1. The SMILES string of the molecule is COc1ccc2c(=O)[nH]c(-c3ccccc3)cc2c1. The number of hydrogen-bond acceptors (Lipinski definition) is 2. The summed E-state index contributed by atoms with van der Waals surface area (Å²) in [5.41, 5.74) is 1.72. The molecule has 0 saturated heterocycles. The van der Waals surface area contributed by atoms with Crippen molar-refractivity contribution in [1.82, 2.24) is 4.98 Å². The van der Waals surface area contributed by atoms with Crippen LogP contribution in [0, 0.1) is 0 Å². The van der Waals surface area contributed by atoms with E-state index in [0.29, 0.717) is 5.39 Å². The second kappa shape index (κ2) is 4.61. The Morgan fingerprint density at radius 2 is 1.79 bits per heavy atom. The van der Waals surface area contributed by atoms with Crippen LogP contribution in [0.25, 0.3) is 22.0 Å². The molecule has 0 amide bonds. The van der Waals surface area contributed by atoms with Crippen LogP contribution in [0.3, 0.4) is 0 Å². The van der Waals surface area contributed by atoms with Gasteiger partial charge in [-0.15, -0.1) is 0 Å². The fraction of sp³-hybridized carbons (Fsp3) is 0.0625. The third-order valence-corrected chi connectivity index (χ3v) is 3.14. The van der Waals surface area contributed by atoms with Crippen LogP contribution in [-0.4, -0.2) is 12.1 Å². The number of aromatic amines is 1. The third kappa shape index (κ3) is 2.10. The van der Waals surface area contributed by atoms with E-state index in [1.807, 2.05) is 42.5 Å². The number of nitrogens with one attached hydrogen (secondary N) is 1. The molecule has 0 radical (unpaired) electrons. The fourth-order valence-corrected chi connectivity index (χ4v) is 2.15. The quantitative estimate of drug-likeness (QED) is 0.760. The van der Waals surface area contributed by atoms with Gasteiger partial charge in [-0.3, -0.25) is 4.79 Å². The van der Waals surface area contributed by atoms with E-state index in [1.165, 1.54) is 0 Å². The lowest BCUT2D eigenvalue weighted by atomic mass is 10.1. The average Bonchev–Trinajstić information content (AvgIpc) is 2.47. The van der Waals surface area contributed by atoms with E-state index in [2.05, 4.69) is 4.98 Å². The zero-order valence-electron chi connectivity index (χ0n) is 10.5. The maximum Gasteiger partial charge on any atom is 0.256 e. The summed E-state index contributed by atoms with van der Waals surface area (Å²) in [6.07, 6.45) is 0. The minimum absolute atomic E-state index is 0.0843. The van der Waals surface area contributed by atoms with Crippen molar-refractivity contribution in [3.8, 4) is 17.0 Å². The highest BCUT2D eigenvalue weighted by molar-refractivity contribution is 5.86. The van der Waals surface area contributed by atoms with Gasteiger partial charge in [0, 0.05) is 11.1 Å². The second-order valence-electron chi connectivity index (χ2n) is 4.33. The minimum atomic E-state index is -0.0843. The van der Waals surface area contributed by atoms with Crippen molar-refractivity contribution in [2.24, 2.45) is 0 Å². The minimum Gasteiger partial charge on any atom is -0.497 e. The van der Waals surface area contributed by atoms with Crippen LogP contribution in [-0.2, 0) is 0 Å².